The second-order valence-corrected chi connectivity index (χ2v) is 8.17. The summed E-state index contributed by atoms with van der Waals surface area (Å²) in [7, 11) is 1.63. The van der Waals surface area contributed by atoms with E-state index < -0.39 is 5.82 Å². The molecule has 5 nitrogen and oxygen atoms in total. The van der Waals surface area contributed by atoms with Gasteiger partial charge in [0.25, 0.3) is 5.91 Å². The molecule has 0 aliphatic carbocycles. The Bertz CT molecular complexity index is 1050. The Hall–Kier alpha value is -2.84. The number of ether oxygens (including phenoxy) is 1. The quantitative estimate of drug-likeness (QED) is 0.605. The molecule has 1 amide bonds. The molecule has 2 aromatic carbocycles. The van der Waals surface area contributed by atoms with E-state index in [0.717, 1.165) is 33.0 Å². The van der Waals surface area contributed by atoms with Crippen LogP contribution in [0.2, 0.25) is 0 Å². The van der Waals surface area contributed by atoms with E-state index in [-0.39, 0.29) is 11.5 Å². The van der Waals surface area contributed by atoms with Crippen LogP contribution in [0.4, 0.5) is 15.2 Å². The standard InChI is InChI=1S/C21H18FN3O2S2/c1-27-16-8-6-14(7-9-16)23-21-24-15(13-29-21)12-19-25(10-11-28-19)20(26)17-4-2-3-5-18(17)22/h2-9,12-13H,10-11H2,1H3,(H,23,24)/b19-12+. The van der Waals surface area contributed by atoms with Gasteiger partial charge in [-0.25, -0.2) is 9.37 Å². The molecule has 4 rings (SSSR count). The Balaban J connectivity index is 1.50. The molecule has 29 heavy (non-hydrogen) atoms. The van der Waals surface area contributed by atoms with Crippen molar-refractivity contribution in [3.05, 3.63) is 76.0 Å². The summed E-state index contributed by atoms with van der Waals surface area (Å²) in [5.74, 6) is 0.727. The molecule has 0 radical (unpaired) electrons. The molecular formula is C21H18FN3O2S2. The molecule has 8 heteroatoms. The first-order valence-electron chi connectivity index (χ1n) is 8.91. The molecular weight excluding hydrogens is 409 g/mol. The highest BCUT2D eigenvalue weighted by atomic mass is 32.2. The largest absolute Gasteiger partial charge is 0.497 e. The van der Waals surface area contributed by atoms with Crippen molar-refractivity contribution in [3.8, 4) is 5.75 Å². The number of thiazole rings is 1. The van der Waals surface area contributed by atoms with Gasteiger partial charge in [0.15, 0.2) is 5.13 Å². The number of hydrogen-bond acceptors (Lipinski definition) is 6. The zero-order valence-corrected chi connectivity index (χ0v) is 17.2. The van der Waals surface area contributed by atoms with Crippen LogP contribution in [0.1, 0.15) is 16.1 Å². The lowest BCUT2D eigenvalue weighted by Gasteiger charge is -2.17. The van der Waals surface area contributed by atoms with Crippen molar-refractivity contribution in [3.63, 3.8) is 0 Å². The van der Waals surface area contributed by atoms with Gasteiger partial charge in [-0.1, -0.05) is 12.1 Å². The van der Waals surface area contributed by atoms with Crippen molar-refractivity contribution < 1.29 is 13.9 Å². The fourth-order valence-corrected chi connectivity index (χ4v) is 4.57. The maximum absolute atomic E-state index is 14.0. The average molecular weight is 428 g/mol. The zero-order valence-electron chi connectivity index (χ0n) is 15.6. The van der Waals surface area contributed by atoms with Crippen LogP contribution in [0.25, 0.3) is 6.08 Å². The lowest BCUT2D eigenvalue weighted by molar-refractivity contribution is 0.0826. The topological polar surface area (TPSA) is 54.5 Å². The highest BCUT2D eigenvalue weighted by molar-refractivity contribution is 8.03. The van der Waals surface area contributed by atoms with Crippen molar-refractivity contribution in [1.82, 2.24) is 9.88 Å². The monoisotopic (exact) mass is 427 g/mol. The molecule has 0 bridgehead atoms. The Kier molecular flexibility index (Phi) is 5.82. The molecule has 1 aromatic heterocycles. The molecule has 1 fully saturated rings. The number of anilines is 2. The summed E-state index contributed by atoms with van der Waals surface area (Å²) in [4.78, 5) is 18.9. The van der Waals surface area contributed by atoms with Crippen LogP contribution in [0, 0.1) is 5.82 Å². The first-order valence-corrected chi connectivity index (χ1v) is 10.8. The van der Waals surface area contributed by atoms with Crippen molar-refractivity contribution >= 4 is 45.9 Å². The fraction of sp³-hybridized carbons (Fsp3) is 0.143. The van der Waals surface area contributed by atoms with Gasteiger partial charge in [-0.2, -0.15) is 0 Å². The summed E-state index contributed by atoms with van der Waals surface area (Å²) >= 11 is 3.04. The van der Waals surface area contributed by atoms with E-state index in [2.05, 4.69) is 10.3 Å². The van der Waals surface area contributed by atoms with Crippen LogP contribution < -0.4 is 10.1 Å². The highest BCUT2D eigenvalue weighted by Crippen LogP contribution is 2.32. The number of nitrogens with one attached hydrogen (secondary N) is 1. The zero-order chi connectivity index (χ0) is 20.2. The van der Waals surface area contributed by atoms with E-state index >= 15 is 0 Å². The maximum atomic E-state index is 14.0. The van der Waals surface area contributed by atoms with E-state index in [1.807, 2.05) is 35.7 Å². The molecule has 148 valence electrons. The molecule has 1 aliphatic rings. The molecule has 0 spiro atoms. The third kappa shape index (κ3) is 4.44. The van der Waals surface area contributed by atoms with Gasteiger partial charge in [-0.3, -0.25) is 4.79 Å². The average Bonchev–Trinajstić information content (AvgIpc) is 3.38. The smallest absolute Gasteiger partial charge is 0.261 e. The molecule has 1 N–H and O–H groups in total. The minimum absolute atomic E-state index is 0.0843. The Morgan fingerprint density at radius 2 is 2.03 bits per heavy atom. The van der Waals surface area contributed by atoms with E-state index in [0.29, 0.717) is 6.54 Å². The highest BCUT2D eigenvalue weighted by Gasteiger charge is 2.27. The van der Waals surface area contributed by atoms with Crippen molar-refractivity contribution in [1.29, 1.82) is 0 Å². The Morgan fingerprint density at radius 3 is 2.79 bits per heavy atom. The Morgan fingerprint density at radius 1 is 1.24 bits per heavy atom. The molecule has 1 saturated heterocycles. The molecule has 1 aliphatic heterocycles. The normalized spacial score (nSPS) is 15.0. The fourth-order valence-electron chi connectivity index (χ4n) is 2.87. The van der Waals surface area contributed by atoms with Gasteiger partial charge in [0, 0.05) is 23.4 Å². The van der Waals surface area contributed by atoms with Crippen LogP contribution in [0.3, 0.4) is 0 Å². The third-order valence-corrected chi connectivity index (χ3v) is 6.11. The number of hydrogen-bond donors (Lipinski definition) is 1. The summed E-state index contributed by atoms with van der Waals surface area (Å²) in [6, 6.07) is 13.6. The molecule has 3 aromatic rings. The van der Waals surface area contributed by atoms with E-state index in [9.17, 15) is 9.18 Å². The first kappa shape index (κ1) is 19.5. The second-order valence-electron chi connectivity index (χ2n) is 6.20. The van der Waals surface area contributed by atoms with Crippen molar-refractivity contribution in [2.45, 2.75) is 0 Å². The predicted molar refractivity (Wildman–Crippen MR) is 116 cm³/mol. The van der Waals surface area contributed by atoms with E-state index in [1.54, 1.807) is 35.9 Å². The minimum Gasteiger partial charge on any atom is -0.497 e. The number of carbonyl (C=O) groups is 1. The number of carbonyl (C=O) groups excluding carboxylic acids is 1. The SMILES string of the molecule is COc1ccc(Nc2nc(/C=C3/SCCN3C(=O)c3ccccc3F)cs2)cc1. The summed E-state index contributed by atoms with van der Waals surface area (Å²) in [5.41, 5.74) is 1.74. The van der Waals surface area contributed by atoms with Crippen LogP contribution in [0.15, 0.2) is 58.9 Å². The lowest BCUT2D eigenvalue weighted by Crippen LogP contribution is -2.27. The third-order valence-electron chi connectivity index (χ3n) is 4.31. The summed E-state index contributed by atoms with van der Waals surface area (Å²) in [5, 5.41) is 6.70. The van der Waals surface area contributed by atoms with Crippen LogP contribution >= 0.6 is 23.1 Å². The second kappa shape index (κ2) is 8.67. The maximum Gasteiger partial charge on any atom is 0.261 e. The van der Waals surface area contributed by atoms with Crippen LogP contribution in [-0.2, 0) is 0 Å². The number of aromatic nitrogens is 1. The number of halogens is 1. The van der Waals surface area contributed by atoms with E-state index in [1.165, 1.54) is 23.5 Å². The number of benzene rings is 2. The molecule has 0 unspecified atom stereocenters. The predicted octanol–water partition coefficient (Wildman–Crippen LogP) is 5.22. The number of thioether (sulfide) groups is 1. The number of methoxy groups -OCH3 is 1. The number of amides is 1. The van der Waals surface area contributed by atoms with Crippen molar-refractivity contribution in [2.75, 3.05) is 24.7 Å². The van der Waals surface area contributed by atoms with Crippen LogP contribution in [0.5, 0.6) is 5.75 Å². The van der Waals surface area contributed by atoms with Crippen LogP contribution in [-0.4, -0.2) is 35.2 Å². The molecule has 2 heterocycles. The van der Waals surface area contributed by atoms with Gasteiger partial charge in [-0.05, 0) is 42.5 Å². The molecule has 0 saturated carbocycles. The van der Waals surface area contributed by atoms with Gasteiger partial charge < -0.3 is 15.0 Å². The van der Waals surface area contributed by atoms with E-state index in [4.69, 9.17) is 4.74 Å². The number of rotatable bonds is 5. The first-order chi connectivity index (χ1) is 14.1. The van der Waals surface area contributed by atoms with Gasteiger partial charge in [0.1, 0.15) is 11.6 Å². The van der Waals surface area contributed by atoms with Crippen molar-refractivity contribution in [2.24, 2.45) is 0 Å². The summed E-state index contributed by atoms with van der Waals surface area (Å²) in [6.07, 6.45) is 1.87. The Labute approximate surface area is 176 Å². The summed E-state index contributed by atoms with van der Waals surface area (Å²) in [6.45, 7) is 0.546. The minimum atomic E-state index is -0.506. The van der Waals surface area contributed by atoms with Gasteiger partial charge in [0.05, 0.1) is 23.4 Å². The summed E-state index contributed by atoms with van der Waals surface area (Å²) < 4.78 is 19.2. The number of nitrogens with zero attached hydrogens (tertiary/aromatic N) is 2. The molecule has 0 atom stereocenters. The van der Waals surface area contributed by atoms with Gasteiger partial charge in [0.2, 0.25) is 0 Å². The van der Waals surface area contributed by atoms with Gasteiger partial charge in [-0.15, -0.1) is 23.1 Å². The van der Waals surface area contributed by atoms with Gasteiger partial charge >= 0.3 is 0 Å². The lowest BCUT2D eigenvalue weighted by atomic mass is 10.2.